The first kappa shape index (κ1) is 23.2. The Morgan fingerprint density at radius 1 is 0.727 bits per heavy atom. The third-order valence-electron chi connectivity index (χ3n) is 2.67. The van der Waals surface area contributed by atoms with Crippen LogP contribution in [-0.2, 0) is 19.1 Å². The van der Waals surface area contributed by atoms with Crippen LogP contribution in [0.4, 0.5) is 0 Å². The molecule has 0 amide bonds. The van der Waals surface area contributed by atoms with Crippen LogP contribution in [0.2, 0.25) is 0 Å². The monoisotopic (exact) mass is 316 g/mol. The smallest absolute Gasteiger partial charge is 0.306 e. The largest absolute Gasteiger partial charge is 0.466 e. The lowest BCUT2D eigenvalue weighted by atomic mass is 10.1. The molecule has 0 N–H and O–H groups in total. The normalized spacial score (nSPS) is 10.2. The van der Waals surface area contributed by atoms with Gasteiger partial charge in [-0.3, -0.25) is 9.59 Å². The van der Waals surface area contributed by atoms with E-state index in [-0.39, 0.29) is 11.9 Å². The Kier molecular flexibility index (Phi) is 17.2. The number of ether oxygens (including phenoxy) is 2. The van der Waals surface area contributed by atoms with Crippen LogP contribution >= 0.6 is 0 Å². The third-order valence-corrected chi connectivity index (χ3v) is 2.67. The zero-order chi connectivity index (χ0) is 17.4. The zero-order valence-electron chi connectivity index (χ0n) is 15.4. The van der Waals surface area contributed by atoms with Gasteiger partial charge >= 0.3 is 11.9 Å². The van der Waals surface area contributed by atoms with Crippen LogP contribution in [0.15, 0.2) is 0 Å². The van der Waals surface area contributed by atoms with Crippen molar-refractivity contribution in [2.45, 2.75) is 80.1 Å². The average molecular weight is 316 g/mol. The molecule has 0 radical (unpaired) electrons. The summed E-state index contributed by atoms with van der Waals surface area (Å²) in [5.41, 5.74) is 0. The van der Waals surface area contributed by atoms with Gasteiger partial charge in [-0.05, 0) is 24.7 Å². The fourth-order valence-electron chi connectivity index (χ4n) is 1.45. The summed E-state index contributed by atoms with van der Waals surface area (Å²) in [6, 6.07) is 0. The highest BCUT2D eigenvalue weighted by Crippen LogP contribution is 2.02. The van der Waals surface area contributed by atoms with E-state index in [1.807, 2.05) is 27.7 Å². The van der Waals surface area contributed by atoms with E-state index in [0.717, 1.165) is 25.7 Å². The van der Waals surface area contributed by atoms with Crippen molar-refractivity contribution in [2.75, 3.05) is 13.2 Å². The molecule has 0 rings (SSSR count). The molecule has 0 saturated heterocycles. The second kappa shape index (κ2) is 16.3. The maximum absolute atomic E-state index is 10.9. The lowest BCUT2D eigenvalue weighted by molar-refractivity contribution is -0.145. The molecule has 0 aromatic heterocycles. The highest BCUT2D eigenvalue weighted by Gasteiger charge is 2.05. The Morgan fingerprint density at radius 2 is 1.05 bits per heavy atom. The Morgan fingerprint density at radius 3 is 1.27 bits per heavy atom. The average Bonchev–Trinajstić information content (AvgIpc) is 2.38. The SMILES string of the molecule is CCCCOC(=O)CC(C)C.CCCCOC(=O)CC(C)C. The summed E-state index contributed by atoms with van der Waals surface area (Å²) in [6.45, 7) is 13.4. The standard InChI is InChI=1S/2C9H18O2/c2*1-4-5-6-11-9(10)7-8(2)3/h2*8H,4-7H2,1-3H3. The van der Waals surface area contributed by atoms with E-state index in [2.05, 4.69) is 13.8 Å². The Hall–Kier alpha value is -1.06. The van der Waals surface area contributed by atoms with Crippen molar-refractivity contribution in [1.29, 1.82) is 0 Å². The third kappa shape index (κ3) is 21.2. The van der Waals surface area contributed by atoms with Crippen molar-refractivity contribution >= 4 is 11.9 Å². The van der Waals surface area contributed by atoms with Crippen LogP contribution in [0.3, 0.4) is 0 Å². The van der Waals surface area contributed by atoms with Crippen LogP contribution in [0.1, 0.15) is 80.1 Å². The number of carbonyl (C=O) groups is 2. The fraction of sp³-hybridized carbons (Fsp3) is 0.889. The van der Waals surface area contributed by atoms with Gasteiger partial charge in [0, 0.05) is 12.8 Å². The molecule has 22 heavy (non-hydrogen) atoms. The van der Waals surface area contributed by atoms with Crippen molar-refractivity contribution < 1.29 is 19.1 Å². The van der Waals surface area contributed by atoms with E-state index < -0.39 is 0 Å². The van der Waals surface area contributed by atoms with E-state index in [0.29, 0.717) is 37.9 Å². The maximum Gasteiger partial charge on any atom is 0.306 e. The van der Waals surface area contributed by atoms with Gasteiger partial charge in [-0.15, -0.1) is 0 Å². The van der Waals surface area contributed by atoms with Gasteiger partial charge in [0.2, 0.25) is 0 Å². The molecule has 0 aliphatic carbocycles. The van der Waals surface area contributed by atoms with Gasteiger partial charge < -0.3 is 9.47 Å². The van der Waals surface area contributed by atoms with E-state index in [1.54, 1.807) is 0 Å². The minimum atomic E-state index is -0.0616. The van der Waals surface area contributed by atoms with Crippen molar-refractivity contribution in [3.05, 3.63) is 0 Å². The number of esters is 2. The number of rotatable bonds is 10. The van der Waals surface area contributed by atoms with Crippen LogP contribution in [0.5, 0.6) is 0 Å². The van der Waals surface area contributed by atoms with Crippen molar-refractivity contribution in [1.82, 2.24) is 0 Å². The molecule has 0 unspecified atom stereocenters. The topological polar surface area (TPSA) is 52.6 Å². The van der Waals surface area contributed by atoms with Crippen LogP contribution in [0.25, 0.3) is 0 Å². The van der Waals surface area contributed by atoms with Gasteiger partial charge in [-0.1, -0.05) is 54.4 Å². The summed E-state index contributed by atoms with van der Waals surface area (Å²) < 4.78 is 9.91. The lowest BCUT2D eigenvalue weighted by Gasteiger charge is -2.04. The number of hydrogen-bond acceptors (Lipinski definition) is 4. The predicted octanol–water partition coefficient (Wildman–Crippen LogP) is 4.75. The molecule has 0 heterocycles. The molecule has 0 spiro atoms. The Labute approximate surface area is 136 Å². The number of unbranched alkanes of at least 4 members (excludes halogenated alkanes) is 2. The van der Waals surface area contributed by atoms with Gasteiger partial charge in [0.25, 0.3) is 0 Å². The first-order valence-electron chi connectivity index (χ1n) is 8.64. The van der Waals surface area contributed by atoms with Crippen molar-refractivity contribution in [3.63, 3.8) is 0 Å². The fourth-order valence-corrected chi connectivity index (χ4v) is 1.45. The van der Waals surface area contributed by atoms with E-state index in [1.165, 1.54) is 0 Å². The van der Waals surface area contributed by atoms with Gasteiger partial charge in [-0.25, -0.2) is 0 Å². The molecule has 0 fully saturated rings. The summed E-state index contributed by atoms with van der Waals surface area (Å²) >= 11 is 0. The molecule has 0 aromatic carbocycles. The first-order chi connectivity index (χ1) is 10.3. The zero-order valence-corrected chi connectivity index (χ0v) is 15.4. The Bertz CT molecular complexity index is 244. The lowest BCUT2D eigenvalue weighted by Crippen LogP contribution is -2.08. The predicted molar refractivity (Wildman–Crippen MR) is 90.6 cm³/mol. The van der Waals surface area contributed by atoms with Gasteiger partial charge in [0.1, 0.15) is 0 Å². The highest BCUT2D eigenvalue weighted by atomic mass is 16.5. The number of carbonyl (C=O) groups excluding carboxylic acids is 2. The maximum atomic E-state index is 10.9. The van der Waals surface area contributed by atoms with Crippen LogP contribution in [0, 0.1) is 11.8 Å². The molecular weight excluding hydrogens is 280 g/mol. The van der Waals surface area contributed by atoms with E-state index in [9.17, 15) is 9.59 Å². The molecule has 0 aromatic rings. The summed E-state index contributed by atoms with van der Waals surface area (Å²) in [7, 11) is 0. The minimum absolute atomic E-state index is 0.0616. The van der Waals surface area contributed by atoms with Crippen LogP contribution < -0.4 is 0 Å². The van der Waals surface area contributed by atoms with Crippen molar-refractivity contribution in [3.8, 4) is 0 Å². The summed E-state index contributed by atoms with van der Waals surface area (Å²) in [4.78, 5) is 21.8. The second-order valence-corrected chi connectivity index (χ2v) is 6.34. The quantitative estimate of drug-likeness (QED) is 0.431. The highest BCUT2D eigenvalue weighted by molar-refractivity contribution is 5.69. The molecule has 0 bridgehead atoms. The van der Waals surface area contributed by atoms with E-state index in [4.69, 9.17) is 9.47 Å². The van der Waals surface area contributed by atoms with Gasteiger partial charge in [0.15, 0.2) is 0 Å². The van der Waals surface area contributed by atoms with Crippen molar-refractivity contribution in [2.24, 2.45) is 11.8 Å². The first-order valence-corrected chi connectivity index (χ1v) is 8.64. The molecule has 0 saturated carbocycles. The van der Waals surface area contributed by atoms with Gasteiger partial charge in [-0.2, -0.15) is 0 Å². The minimum Gasteiger partial charge on any atom is -0.466 e. The molecule has 0 aliphatic heterocycles. The molecule has 132 valence electrons. The molecule has 0 aliphatic rings. The number of hydrogen-bond donors (Lipinski definition) is 0. The second-order valence-electron chi connectivity index (χ2n) is 6.34. The summed E-state index contributed by atoms with van der Waals surface area (Å²) in [5, 5.41) is 0. The van der Waals surface area contributed by atoms with E-state index >= 15 is 0 Å². The molecule has 4 heteroatoms. The van der Waals surface area contributed by atoms with Gasteiger partial charge in [0.05, 0.1) is 13.2 Å². The summed E-state index contributed by atoms with van der Waals surface area (Å²) in [6.07, 6.45) is 5.20. The molecule has 4 nitrogen and oxygen atoms in total. The molecular formula is C18H36O4. The van der Waals surface area contributed by atoms with Crippen LogP contribution in [-0.4, -0.2) is 25.2 Å². The molecule has 0 atom stereocenters. The summed E-state index contributed by atoms with van der Waals surface area (Å²) in [5.74, 6) is 0.690. The Balaban J connectivity index is 0.